The molecular weight excluding hydrogens is 469 g/mol. The fourth-order valence-electron chi connectivity index (χ4n) is 5.08. The van der Waals surface area contributed by atoms with Gasteiger partial charge in [-0.3, -0.25) is 0 Å². The number of ether oxygens (including phenoxy) is 1. The topological polar surface area (TPSA) is 90.2 Å². The van der Waals surface area contributed by atoms with E-state index in [1.54, 1.807) is 30.6 Å². The van der Waals surface area contributed by atoms with Crippen molar-refractivity contribution in [3.8, 4) is 11.1 Å². The van der Waals surface area contributed by atoms with Gasteiger partial charge in [-0.05, 0) is 24.1 Å². The normalized spacial score (nSPS) is 18.2. The van der Waals surface area contributed by atoms with Crippen LogP contribution in [0.5, 0.6) is 0 Å². The van der Waals surface area contributed by atoms with E-state index in [9.17, 15) is 8.42 Å². The number of rotatable bonds is 4. The Morgan fingerprint density at radius 2 is 1.83 bits per heavy atom. The molecule has 0 saturated carbocycles. The second-order valence-corrected chi connectivity index (χ2v) is 10.9. The summed E-state index contributed by atoms with van der Waals surface area (Å²) in [5, 5.41) is 0. The van der Waals surface area contributed by atoms with Crippen molar-refractivity contribution in [1.29, 1.82) is 0 Å². The lowest BCUT2D eigenvalue weighted by molar-refractivity contribution is 0.122. The molecule has 0 radical (unpaired) electrons. The van der Waals surface area contributed by atoms with Gasteiger partial charge in [-0.25, -0.2) is 27.8 Å². The summed E-state index contributed by atoms with van der Waals surface area (Å²) in [4.78, 5) is 15.9. The van der Waals surface area contributed by atoms with Crippen LogP contribution in [0, 0.1) is 5.82 Å². The molecule has 0 amide bonds. The van der Waals surface area contributed by atoms with Gasteiger partial charge in [0.25, 0.3) is 0 Å². The Bertz CT molecular complexity index is 1530. The van der Waals surface area contributed by atoms with E-state index in [-0.39, 0.29) is 6.04 Å². The Kier molecular flexibility index (Phi) is 5.30. The largest absolute Gasteiger partial charge is 0.378 e. The number of nitrogens with zero attached hydrogens (tertiary/aromatic N) is 5. The third-order valence-electron chi connectivity index (χ3n) is 6.73. The first kappa shape index (κ1) is 22.1. The number of sulfone groups is 1. The lowest BCUT2D eigenvalue weighted by Gasteiger charge is -2.26. The van der Waals surface area contributed by atoms with Crippen molar-refractivity contribution in [1.82, 2.24) is 19.5 Å². The number of anilines is 1. The first-order chi connectivity index (χ1) is 16.9. The molecule has 180 valence electrons. The number of fused-ring (bicyclic) bond motifs is 3. The van der Waals surface area contributed by atoms with Crippen LogP contribution in [0.1, 0.15) is 23.9 Å². The van der Waals surface area contributed by atoms with Crippen LogP contribution < -0.4 is 4.90 Å². The highest BCUT2D eigenvalue weighted by Crippen LogP contribution is 2.39. The molecule has 0 N–H and O–H groups in total. The molecule has 0 aliphatic carbocycles. The molecule has 1 saturated heterocycles. The third-order valence-corrected chi connectivity index (χ3v) is 7.90. The highest BCUT2D eigenvalue weighted by atomic mass is 32.2. The maximum absolute atomic E-state index is 15.2. The van der Waals surface area contributed by atoms with Gasteiger partial charge in [-0.1, -0.05) is 18.2 Å². The van der Waals surface area contributed by atoms with E-state index in [1.807, 2.05) is 21.6 Å². The Morgan fingerprint density at radius 3 is 2.57 bits per heavy atom. The predicted molar refractivity (Wildman–Crippen MR) is 130 cm³/mol. The molecular formula is C25H24FN5O3S. The molecule has 6 rings (SSSR count). The van der Waals surface area contributed by atoms with Gasteiger partial charge >= 0.3 is 0 Å². The van der Waals surface area contributed by atoms with Crippen LogP contribution in [0.15, 0.2) is 53.7 Å². The van der Waals surface area contributed by atoms with Crippen molar-refractivity contribution in [2.45, 2.75) is 23.8 Å². The molecule has 1 atom stereocenters. The van der Waals surface area contributed by atoms with Gasteiger partial charge in [0.2, 0.25) is 5.95 Å². The van der Waals surface area contributed by atoms with Gasteiger partial charge in [0.05, 0.1) is 35.2 Å². The molecule has 8 nitrogen and oxygen atoms in total. The van der Waals surface area contributed by atoms with Crippen molar-refractivity contribution < 1.29 is 17.5 Å². The van der Waals surface area contributed by atoms with Crippen LogP contribution in [-0.2, 0) is 21.0 Å². The minimum absolute atomic E-state index is 0.195. The SMILES string of the molecule is CS(=O)(=O)c1ccccc1[C@H]1CCc2nc3cc(F)c(-c4cnc(N5CCOCC5)nc4)cc3n21. The summed E-state index contributed by atoms with van der Waals surface area (Å²) in [5.74, 6) is 1.02. The van der Waals surface area contributed by atoms with Crippen molar-refractivity contribution >= 4 is 26.8 Å². The lowest BCUT2D eigenvalue weighted by atomic mass is 10.0. The highest BCUT2D eigenvalue weighted by Gasteiger charge is 2.31. The van der Waals surface area contributed by atoms with Crippen molar-refractivity contribution in [2.75, 3.05) is 37.5 Å². The Balaban J connectivity index is 1.43. The van der Waals surface area contributed by atoms with Crippen LogP contribution in [0.2, 0.25) is 0 Å². The molecule has 2 aliphatic rings. The first-order valence-electron chi connectivity index (χ1n) is 11.5. The van der Waals surface area contributed by atoms with E-state index in [0.29, 0.717) is 47.1 Å². The van der Waals surface area contributed by atoms with Crippen molar-refractivity contribution in [3.05, 3.63) is 66.0 Å². The number of hydrogen-bond acceptors (Lipinski definition) is 7. The summed E-state index contributed by atoms with van der Waals surface area (Å²) in [5.41, 5.74) is 3.00. The minimum atomic E-state index is -3.40. The summed E-state index contributed by atoms with van der Waals surface area (Å²) in [6, 6.07) is 10.1. The Labute approximate surface area is 202 Å². The van der Waals surface area contributed by atoms with Gasteiger partial charge < -0.3 is 14.2 Å². The van der Waals surface area contributed by atoms with E-state index in [2.05, 4.69) is 15.0 Å². The fourth-order valence-corrected chi connectivity index (χ4v) is 6.04. The van der Waals surface area contributed by atoms with Crippen LogP contribution >= 0.6 is 0 Å². The summed E-state index contributed by atoms with van der Waals surface area (Å²) in [7, 11) is -3.40. The number of hydrogen-bond donors (Lipinski definition) is 0. The van der Waals surface area contributed by atoms with E-state index in [0.717, 1.165) is 36.4 Å². The van der Waals surface area contributed by atoms with Crippen molar-refractivity contribution in [3.63, 3.8) is 0 Å². The third kappa shape index (κ3) is 3.86. The molecule has 2 aliphatic heterocycles. The summed E-state index contributed by atoms with van der Waals surface area (Å²) in [6.45, 7) is 2.70. The molecule has 2 aromatic heterocycles. The van der Waals surface area contributed by atoms with Gasteiger partial charge in [0, 0.05) is 55.4 Å². The monoisotopic (exact) mass is 493 g/mol. The molecule has 2 aromatic carbocycles. The van der Waals surface area contributed by atoms with Crippen molar-refractivity contribution in [2.24, 2.45) is 0 Å². The molecule has 4 aromatic rings. The van der Waals surface area contributed by atoms with E-state index < -0.39 is 15.7 Å². The van der Waals surface area contributed by atoms with Gasteiger partial charge in [-0.15, -0.1) is 0 Å². The number of benzene rings is 2. The lowest BCUT2D eigenvalue weighted by Crippen LogP contribution is -2.37. The smallest absolute Gasteiger partial charge is 0.225 e. The molecule has 35 heavy (non-hydrogen) atoms. The fraction of sp³-hybridized carbons (Fsp3) is 0.320. The van der Waals surface area contributed by atoms with Crippen LogP contribution in [0.4, 0.5) is 10.3 Å². The summed E-state index contributed by atoms with van der Waals surface area (Å²) >= 11 is 0. The average molecular weight is 494 g/mol. The van der Waals surface area contributed by atoms with Gasteiger partial charge in [0.15, 0.2) is 9.84 Å². The van der Waals surface area contributed by atoms with Crippen LogP contribution in [-0.4, -0.2) is 60.5 Å². The quantitative estimate of drug-likeness (QED) is 0.430. The summed E-state index contributed by atoms with van der Waals surface area (Å²) in [6.07, 6.45) is 5.92. The van der Waals surface area contributed by atoms with Gasteiger partial charge in [0.1, 0.15) is 11.6 Å². The zero-order valence-corrected chi connectivity index (χ0v) is 20.0. The van der Waals surface area contributed by atoms with Gasteiger partial charge in [-0.2, -0.15) is 0 Å². The maximum atomic E-state index is 15.2. The second kappa shape index (κ2) is 8.39. The Morgan fingerprint density at radius 1 is 1.09 bits per heavy atom. The van der Waals surface area contributed by atoms with E-state index >= 15 is 4.39 Å². The molecule has 0 spiro atoms. The zero-order chi connectivity index (χ0) is 24.2. The average Bonchev–Trinajstić information content (AvgIpc) is 3.43. The number of aromatic nitrogens is 4. The van der Waals surface area contributed by atoms with E-state index in [1.165, 1.54) is 12.3 Å². The van der Waals surface area contributed by atoms with Crippen LogP contribution in [0.25, 0.3) is 22.2 Å². The number of aryl methyl sites for hydroxylation is 1. The molecule has 10 heteroatoms. The predicted octanol–water partition coefficient (Wildman–Crippen LogP) is 3.41. The summed E-state index contributed by atoms with van der Waals surface area (Å²) < 4.78 is 47.5. The standard InChI is InChI=1S/C25H24FN5O3S/c1-35(32,33)23-5-3-2-4-17(23)21-6-7-24-29-20-13-19(26)18(12-22(20)31(21)24)16-14-27-25(28-15-16)30-8-10-34-11-9-30/h2-5,12-15,21H,6-11H2,1H3/t21-/m1/s1. The zero-order valence-electron chi connectivity index (χ0n) is 19.2. The minimum Gasteiger partial charge on any atom is -0.378 e. The maximum Gasteiger partial charge on any atom is 0.225 e. The molecule has 0 bridgehead atoms. The number of halogens is 1. The number of imidazole rings is 1. The second-order valence-electron chi connectivity index (χ2n) is 8.95. The highest BCUT2D eigenvalue weighted by molar-refractivity contribution is 7.90. The first-order valence-corrected chi connectivity index (χ1v) is 13.4. The molecule has 1 fully saturated rings. The van der Waals surface area contributed by atoms with Crippen LogP contribution in [0.3, 0.4) is 0 Å². The van der Waals surface area contributed by atoms with E-state index in [4.69, 9.17) is 4.74 Å². The Hall–Kier alpha value is -3.37. The number of morpholine rings is 1. The molecule has 4 heterocycles. The molecule has 0 unspecified atom stereocenters.